The number of hydrogen-bond acceptors (Lipinski definition) is 2. The molecule has 0 aliphatic carbocycles. The van der Waals surface area contributed by atoms with Crippen molar-refractivity contribution in [3.05, 3.63) is 35.0 Å². The lowest BCUT2D eigenvalue weighted by molar-refractivity contribution is 0.309. The number of hydrogen-bond donors (Lipinski definition) is 0. The molecule has 0 saturated carbocycles. The minimum absolute atomic E-state index is 0.638. The first-order chi connectivity index (χ1) is 6.18. The van der Waals surface area contributed by atoms with Crippen LogP contribution >= 0.6 is 15.9 Å². The topological polar surface area (TPSA) is 22.1 Å². The number of nitrogens with zero attached hydrogens (tertiary/aromatic N) is 1. The van der Waals surface area contributed by atoms with Crippen LogP contribution in [0.15, 0.2) is 35.0 Å². The van der Waals surface area contributed by atoms with Crippen molar-refractivity contribution in [1.82, 2.24) is 4.98 Å². The van der Waals surface area contributed by atoms with E-state index in [1.165, 1.54) is 0 Å². The van der Waals surface area contributed by atoms with Crippen LogP contribution < -0.4 is 4.74 Å². The Balaban J connectivity index is 2.41. The molecule has 0 unspecified atom stereocenters. The highest BCUT2D eigenvalue weighted by atomic mass is 79.9. The van der Waals surface area contributed by atoms with E-state index in [0.29, 0.717) is 12.5 Å². The molecule has 2 nitrogen and oxygen atoms in total. The van der Waals surface area contributed by atoms with E-state index in [-0.39, 0.29) is 0 Å². The fourth-order valence-corrected chi connectivity index (χ4v) is 1.13. The van der Waals surface area contributed by atoms with Gasteiger partial charge in [0.2, 0.25) is 5.88 Å². The predicted octanol–water partition coefficient (Wildman–Crippen LogP) is 3.19. The minimum Gasteiger partial charge on any atom is -0.477 e. The molecule has 1 aromatic heterocycles. The number of ether oxygens (including phenoxy) is 1. The zero-order valence-electron chi connectivity index (χ0n) is 7.59. The van der Waals surface area contributed by atoms with Crippen LogP contribution in [0.5, 0.6) is 5.88 Å². The average Bonchev–Trinajstić information content (AvgIpc) is 2.03. The first-order valence-electron chi connectivity index (χ1n) is 4.08. The van der Waals surface area contributed by atoms with E-state index in [2.05, 4.69) is 27.5 Å². The fraction of sp³-hybridized carbons (Fsp3) is 0.300. The number of pyridine rings is 1. The normalized spacial score (nSPS) is 9.69. The van der Waals surface area contributed by atoms with Gasteiger partial charge in [0.05, 0.1) is 6.61 Å². The zero-order valence-corrected chi connectivity index (χ0v) is 9.17. The van der Waals surface area contributed by atoms with Crippen molar-refractivity contribution in [3.8, 4) is 5.88 Å². The molecule has 0 aromatic carbocycles. The van der Waals surface area contributed by atoms with Gasteiger partial charge in [0.25, 0.3) is 0 Å². The largest absolute Gasteiger partial charge is 0.477 e. The van der Waals surface area contributed by atoms with Crippen molar-refractivity contribution >= 4 is 15.9 Å². The summed E-state index contributed by atoms with van der Waals surface area (Å²) in [6.07, 6.45) is 0.869. The molecular weight excluding hydrogens is 230 g/mol. The quantitative estimate of drug-likeness (QED) is 0.597. The maximum Gasteiger partial charge on any atom is 0.214 e. The predicted molar refractivity (Wildman–Crippen MR) is 56.9 cm³/mol. The molecule has 0 amide bonds. The molecule has 1 rings (SSSR count). The maximum atomic E-state index is 5.40. The summed E-state index contributed by atoms with van der Waals surface area (Å²) in [5, 5.41) is 0. The fourth-order valence-electron chi connectivity index (χ4n) is 0.800. The Hall–Kier alpha value is -0.830. The standard InChI is InChI=1S/C10H12BrNO/c1-8(2)6-7-13-10-5-3-4-9(11)12-10/h3-5H,1,6-7H2,2H3. The van der Waals surface area contributed by atoms with E-state index in [1.807, 2.05) is 25.1 Å². The van der Waals surface area contributed by atoms with Gasteiger partial charge in [-0.3, -0.25) is 0 Å². The number of halogens is 1. The molecule has 0 bridgehead atoms. The van der Waals surface area contributed by atoms with E-state index in [9.17, 15) is 0 Å². The van der Waals surface area contributed by atoms with Crippen molar-refractivity contribution in [3.63, 3.8) is 0 Å². The summed E-state index contributed by atoms with van der Waals surface area (Å²) in [6.45, 7) is 6.42. The summed E-state index contributed by atoms with van der Waals surface area (Å²) in [5.41, 5.74) is 1.12. The van der Waals surface area contributed by atoms with Crippen LogP contribution in [-0.4, -0.2) is 11.6 Å². The molecule has 13 heavy (non-hydrogen) atoms. The van der Waals surface area contributed by atoms with Crippen molar-refractivity contribution in [1.29, 1.82) is 0 Å². The van der Waals surface area contributed by atoms with E-state index < -0.39 is 0 Å². The molecule has 70 valence electrons. The Kier molecular flexibility index (Phi) is 3.96. The number of aromatic nitrogens is 1. The highest BCUT2D eigenvalue weighted by molar-refractivity contribution is 9.10. The Morgan fingerprint density at radius 3 is 3.00 bits per heavy atom. The van der Waals surface area contributed by atoms with Gasteiger partial charge in [-0.15, -0.1) is 6.58 Å². The third-order valence-corrected chi connectivity index (χ3v) is 1.91. The molecule has 0 N–H and O–H groups in total. The molecule has 0 aliphatic heterocycles. The molecule has 0 spiro atoms. The van der Waals surface area contributed by atoms with Gasteiger partial charge in [0.1, 0.15) is 4.60 Å². The minimum atomic E-state index is 0.638. The van der Waals surface area contributed by atoms with Crippen molar-refractivity contribution in [2.75, 3.05) is 6.61 Å². The zero-order chi connectivity index (χ0) is 9.68. The van der Waals surface area contributed by atoms with Gasteiger partial charge in [0.15, 0.2) is 0 Å². The lowest BCUT2D eigenvalue weighted by Gasteiger charge is -2.04. The summed E-state index contributed by atoms with van der Waals surface area (Å²) in [4.78, 5) is 4.13. The van der Waals surface area contributed by atoms with Gasteiger partial charge in [0, 0.05) is 12.5 Å². The van der Waals surface area contributed by atoms with Gasteiger partial charge in [-0.2, -0.15) is 0 Å². The SMILES string of the molecule is C=C(C)CCOc1cccc(Br)n1. The third-order valence-electron chi connectivity index (χ3n) is 1.47. The van der Waals surface area contributed by atoms with E-state index in [0.717, 1.165) is 16.6 Å². The van der Waals surface area contributed by atoms with E-state index >= 15 is 0 Å². The molecule has 3 heteroatoms. The van der Waals surface area contributed by atoms with Gasteiger partial charge >= 0.3 is 0 Å². The first kappa shape index (κ1) is 10.3. The first-order valence-corrected chi connectivity index (χ1v) is 4.87. The molecular formula is C10H12BrNO. The van der Waals surface area contributed by atoms with Gasteiger partial charge in [-0.1, -0.05) is 11.6 Å². The lowest BCUT2D eigenvalue weighted by Crippen LogP contribution is -1.98. The van der Waals surface area contributed by atoms with Crippen LogP contribution in [-0.2, 0) is 0 Å². The van der Waals surface area contributed by atoms with Crippen LogP contribution in [0.4, 0.5) is 0 Å². The highest BCUT2D eigenvalue weighted by Gasteiger charge is 1.95. The Morgan fingerprint density at radius 1 is 1.62 bits per heavy atom. The van der Waals surface area contributed by atoms with E-state index in [1.54, 1.807) is 0 Å². The molecule has 0 atom stereocenters. The molecule has 0 saturated heterocycles. The van der Waals surface area contributed by atoms with Crippen molar-refractivity contribution in [2.24, 2.45) is 0 Å². The Bertz CT molecular complexity index is 299. The van der Waals surface area contributed by atoms with Gasteiger partial charge in [-0.25, -0.2) is 4.98 Å². The third kappa shape index (κ3) is 4.08. The molecule has 1 heterocycles. The molecule has 1 aromatic rings. The Labute approximate surface area is 86.8 Å². The van der Waals surface area contributed by atoms with Crippen molar-refractivity contribution in [2.45, 2.75) is 13.3 Å². The van der Waals surface area contributed by atoms with Crippen LogP contribution in [0.25, 0.3) is 0 Å². The maximum absolute atomic E-state index is 5.40. The van der Waals surface area contributed by atoms with Crippen LogP contribution in [0, 0.1) is 0 Å². The van der Waals surface area contributed by atoms with Crippen LogP contribution in [0.2, 0.25) is 0 Å². The summed E-state index contributed by atoms with van der Waals surface area (Å²) in [5.74, 6) is 0.649. The summed E-state index contributed by atoms with van der Waals surface area (Å²) < 4.78 is 6.19. The average molecular weight is 242 g/mol. The van der Waals surface area contributed by atoms with Gasteiger partial charge in [-0.05, 0) is 28.9 Å². The van der Waals surface area contributed by atoms with Gasteiger partial charge < -0.3 is 4.74 Å². The monoisotopic (exact) mass is 241 g/mol. The summed E-state index contributed by atoms with van der Waals surface area (Å²) in [7, 11) is 0. The molecule has 0 radical (unpaired) electrons. The number of rotatable bonds is 4. The molecule has 0 aliphatic rings. The second-order valence-corrected chi connectivity index (χ2v) is 3.67. The Morgan fingerprint density at radius 2 is 2.38 bits per heavy atom. The summed E-state index contributed by atoms with van der Waals surface area (Å²) >= 11 is 3.27. The highest BCUT2D eigenvalue weighted by Crippen LogP contribution is 2.12. The second-order valence-electron chi connectivity index (χ2n) is 2.85. The smallest absolute Gasteiger partial charge is 0.214 e. The van der Waals surface area contributed by atoms with Crippen LogP contribution in [0.1, 0.15) is 13.3 Å². The summed E-state index contributed by atoms with van der Waals surface area (Å²) in [6, 6.07) is 5.60. The second kappa shape index (κ2) is 5.02. The molecule has 0 fully saturated rings. The van der Waals surface area contributed by atoms with Crippen LogP contribution in [0.3, 0.4) is 0 Å². The van der Waals surface area contributed by atoms with Crippen molar-refractivity contribution < 1.29 is 4.74 Å². The van der Waals surface area contributed by atoms with E-state index in [4.69, 9.17) is 4.74 Å². The lowest BCUT2D eigenvalue weighted by atomic mass is 10.3.